The molecule has 0 aliphatic carbocycles. The number of thiophene rings is 1. The maximum Gasteiger partial charge on any atom is 0.348 e. The standard InChI is InChI=1S/C8H10ClN3S/c1-5-4-13-7(9)6(5)12-8-10-2-3-11-8/h4H,2-3H2,1H3,(H2,10,11,12)/p+1. The molecule has 3 nitrogen and oxygen atoms in total. The van der Waals surface area contributed by atoms with Gasteiger partial charge in [-0.2, -0.15) is 0 Å². The van der Waals surface area contributed by atoms with Gasteiger partial charge < -0.3 is 0 Å². The zero-order valence-electron chi connectivity index (χ0n) is 7.28. The number of nitrogens with one attached hydrogen (secondary N) is 3. The molecule has 13 heavy (non-hydrogen) atoms. The van der Waals surface area contributed by atoms with Crippen molar-refractivity contribution < 1.29 is 4.99 Å². The summed E-state index contributed by atoms with van der Waals surface area (Å²) in [6.45, 7) is 3.96. The van der Waals surface area contributed by atoms with Gasteiger partial charge in [0, 0.05) is 5.56 Å². The molecule has 0 radical (unpaired) electrons. The highest BCUT2D eigenvalue weighted by atomic mass is 35.5. The molecule has 3 N–H and O–H groups in total. The van der Waals surface area contributed by atoms with E-state index in [0.29, 0.717) is 0 Å². The minimum absolute atomic E-state index is 0.806. The van der Waals surface area contributed by atoms with Crippen LogP contribution in [0.5, 0.6) is 0 Å². The number of hydrogen-bond donors (Lipinski definition) is 3. The lowest BCUT2D eigenvalue weighted by atomic mass is 10.3. The summed E-state index contributed by atoms with van der Waals surface area (Å²) in [6, 6.07) is 0. The van der Waals surface area contributed by atoms with Gasteiger partial charge in [0.05, 0.1) is 13.1 Å². The molecule has 0 atom stereocenters. The molecule has 0 aromatic carbocycles. The number of guanidine groups is 1. The van der Waals surface area contributed by atoms with E-state index in [1.165, 1.54) is 5.56 Å². The highest BCUT2D eigenvalue weighted by molar-refractivity contribution is 7.15. The molecule has 1 aromatic rings. The van der Waals surface area contributed by atoms with Crippen molar-refractivity contribution in [2.24, 2.45) is 0 Å². The summed E-state index contributed by atoms with van der Waals surface area (Å²) >= 11 is 7.56. The molecule has 1 aliphatic heterocycles. The van der Waals surface area contributed by atoms with Gasteiger partial charge in [0.2, 0.25) is 0 Å². The quantitative estimate of drug-likeness (QED) is 0.626. The van der Waals surface area contributed by atoms with Crippen LogP contribution in [-0.4, -0.2) is 19.0 Å². The Morgan fingerprint density at radius 1 is 1.69 bits per heavy atom. The molecule has 1 aliphatic rings. The van der Waals surface area contributed by atoms with Gasteiger partial charge in [0.15, 0.2) is 0 Å². The summed E-state index contributed by atoms with van der Waals surface area (Å²) in [7, 11) is 0. The van der Waals surface area contributed by atoms with E-state index in [-0.39, 0.29) is 0 Å². The third-order valence-electron chi connectivity index (χ3n) is 1.91. The summed E-state index contributed by atoms with van der Waals surface area (Å²) in [4.78, 5) is 3.19. The molecule has 2 rings (SSSR count). The van der Waals surface area contributed by atoms with Crippen molar-refractivity contribution in [2.45, 2.75) is 6.92 Å². The van der Waals surface area contributed by atoms with Crippen LogP contribution in [0.1, 0.15) is 5.56 Å². The van der Waals surface area contributed by atoms with Gasteiger partial charge in [-0.3, -0.25) is 10.3 Å². The van der Waals surface area contributed by atoms with Gasteiger partial charge in [0.1, 0.15) is 10.0 Å². The van der Waals surface area contributed by atoms with Gasteiger partial charge in [-0.25, -0.2) is 5.32 Å². The minimum atomic E-state index is 0.806. The molecular weight excluding hydrogens is 206 g/mol. The topological polar surface area (TPSA) is 38.0 Å². The zero-order valence-corrected chi connectivity index (χ0v) is 8.85. The molecule has 0 amide bonds. The lowest BCUT2D eigenvalue weighted by Gasteiger charge is -1.98. The Hall–Kier alpha value is -0.740. The molecule has 0 spiro atoms. The number of halogens is 1. The third-order valence-corrected chi connectivity index (χ3v) is 3.25. The van der Waals surface area contributed by atoms with Crippen molar-refractivity contribution in [1.29, 1.82) is 0 Å². The van der Waals surface area contributed by atoms with E-state index in [0.717, 1.165) is 29.1 Å². The Balaban J connectivity index is 2.16. The summed E-state index contributed by atoms with van der Waals surface area (Å²) in [5.74, 6) is 0.948. The van der Waals surface area contributed by atoms with Crippen LogP contribution in [0.3, 0.4) is 0 Å². The first-order chi connectivity index (χ1) is 6.27. The van der Waals surface area contributed by atoms with E-state index in [2.05, 4.69) is 15.6 Å². The summed E-state index contributed by atoms with van der Waals surface area (Å²) in [5.41, 5.74) is 2.18. The second-order valence-electron chi connectivity index (χ2n) is 2.92. The van der Waals surface area contributed by atoms with Crippen LogP contribution in [-0.2, 0) is 0 Å². The fraction of sp³-hybridized carbons (Fsp3) is 0.375. The Kier molecular flexibility index (Phi) is 2.42. The fourth-order valence-corrected chi connectivity index (χ4v) is 2.27. The molecule has 70 valence electrons. The lowest BCUT2D eigenvalue weighted by Crippen LogP contribution is -2.72. The van der Waals surface area contributed by atoms with Crippen LogP contribution in [0.25, 0.3) is 0 Å². The molecule has 2 heterocycles. The van der Waals surface area contributed by atoms with Crippen LogP contribution >= 0.6 is 22.9 Å². The number of aryl methyl sites for hydroxylation is 1. The summed E-state index contributed by atoms with van der Waals surface area (Å²) in [5, 5.41) is 8.46. The molecule has 1 aromatic heterocycles. The first-order valence-electron chi connectivity index (χ1n) is 4.12. The van der Waals surface area contributed by atoms with E-state index < -0.39 is 0 Å². The van der Waals surface area contributed by atoms with Gasteiger partial charge >= 0.3 is 5.96 Å². The van der Waals surface area contributed by atoms with Gasteiger partial charge in [0.25, 0.3) is 0 Å². The van der Waals surface area contributed by atoms with Crippen molar-refractivity contribution in [3.8, 4) is 0 Å². The lowest BCUT2D eigenvalue weighted by molar-refractivity contribution is -0.444. The molecule has 0 fully saturated rings. The number of rotatable bonds is 1. The zero-order chi connectivity index (χ0) is 9.26. The normalized spacial score (nSPS) is 15.4. The predicted molar refractivity (Wildman–Crippen MR) is 56.5 cm³/mol. The number of hydrogen-bond acceptors (Lipinski definition) is 3. The van der Waals surface area contributed by atoms with Crippen molar-refractivity contribution in [2.75, 3.05) is 18.4 Å². The van der Waals surface area contributed by atoms with Gasteiger partial charge in [-0.05, 0) is 12.3 Å². The second-order valence-corrected chi connectivity index (χ2v) is 4.40. The third kappa shape index (κ3) is 1.78. The largest absolute Gasteiger partial charge is 0.348 e. The Morgan fingerprint density at radius 2 is 2.54 bits per heavy atom. The highest BCUT2D eigenvalue weighted by Gasteiger charge is 2.16. The first-order valence-corrected chi connectivity index (χ1v) is 5.38. The Bertz CT molecular complexity index is 326. The molecule has 0 saturated heterocycles. The predicted octanol–water partition coefficient (Wildman–Crippen LogP) is 0.162. The van der Waals surface area contributed by atoms with Crippen molar-refractivity contribution >= 4 is 34.6 Å². The van der Waals surface area contributed by atoms with Crippen molar-refractivity contribution in [1.82, 2.24) is 5.32 Å². The average molecular weight is 217 g/mol. The van der Waals surface area contributed by atoms with Crippen LogP contribution in [0.4, 0.5) is 5.69 Å². The minimum Gasteiger partial charge on any atom is -0.275 e. The van der Waals surface area contributed by atoms with Crippen LogP contribution in [0.15, 0.2) is 5.38 Å². The fourth-order valence-electron chi connectivity index (χ4n) is 1.21. The SMILES string of the molecule is Cc1csc(Cl)c1NC1=[NH+]CCN1. The van der Waals surface area contributed by atoms with Crippen molar-refractivity contribution in [3.63, 3.8) is 0 Å². The maximum atomic E-state index is 6.01. The summed E-state index contributed by atoms with van der Waals surface area (Å²) < 4.78 is 0.806. The number of anilines is 1. The van der Waals surface area contributed by atoms with E-state index >= 15 is 0 Å². The smallest absolute Gasteiger partial charge is 0.275 e. The van der Waals surface area contributed by atoms with Gasteiger partial charge in [-0.15, -0.1) is 11.3 Å². The molecular formula is C8H11ClN3S+. The van der Waals surface area contributed by atoms with Crippen LogP contribution in [0, 0.1) is 6.92 Å². The van der Waals surface area contributed by atoms with E-state index in [4.69, 9.17) is 11.6 Å². The Morgan fingerprint density at radius 3 is 3.08 bits per heavy atom. The molecule has 0 bridgehead atoms. The highest BCUT2D eigenvalue weighted by Crippen LogP contribution is 2.31. The average Bonchev–Trinajstić information content (AvgIpc) is 2.70. The van der Waals surface area contributed by atoms with Gasteiger partial charge in [-0.1, -0.05) is 11.6 Å². The monoisotopic (exact) mass is 216 g/mol. The first kappa shape index (κ1) is 8.84. The van der Waals surface area contributed by atoms with E-state index in [9.17, 15) is 0 Å². The van der Waals surface area contributed by atoms with Crippen molar-refractivity contribution in [3.05, 3.63) is 15.3 Å². The molecule has 0 saturated carbocycles. The maximum absolute atomic E-state index is 6.01. The molecule has 5 heteroatoms. The Labute approximate surface area is 85.8 Å². The van der Waals surface area contributed by atoms with E-state index in [1.54, 1.807) is 11.3 Å². The summed E-state index contributed by atoms with van der Waals surface area (Å²) in [6.07, 6.45) is 0. The molecule has 0 unspecified atom stereocenters. The second kappa shape index (κ2) is 3.55. The van der Waals surface area contributed by atoms with Crippen LogP contribution in [0.2, 0.25) is 4.34 Å². The van der Waals surface area contributed by atoms with Crippen LogP contribution < -0.4 is 15.6 Å². The van der Waals surface area contributed by atoms with E-state index in [1.807, 2.05) is 12.3 Å².